The lowest BCUT2D eigenvalue weighted by Gasteiger charge is -2.19. The number of halogens is 3. The van der Waals surface area contributed by atoms with Crippen LogP contribution in [0.15, 0.2) is 42.6 Å². The fourth-order valence-electron chi connectivity index (χ4n) is 2.20. The molecular formula is C16H16F3N3O2. The molecule has 0 saturated heterocycles. The molecule has 128 valence electrons. The second-order valence-electron chi connectivity index (χ2n) is 5.25. The molecule has 0 radical (unpaired) electrons. The maximum Gasteiger partial charge on any atom is 0.416 e. The minimum atomic E-state index is -4.48. The molecule has 0 spiro atoms. The van der Waals surface area contributed by atoms with E-state index in [0.29, 0.717) is 5.82 Å². The Morgan fingerprint density at radius 2 is 2.04 bits per heavy atom. The van der Waals surface area contributed by atoms with Gasteiger partial charge in [0.15, 0.2) is 0 Å². The molecule has 1 heterocycles. The largest absolute Gasteiger partial charge is 0.481 e. The Kier molecular flexibility index (Phi) is 5.40. The number of hydrogen-bond acceptors (Lipinski definition) is 4. The van der Waals surface area contributed by atoms with Gasteiger partial charge < -0.3 is 16.2 Å². The van der Waals surface area contributed by atoms with Crippen LogP contribution >= 0.6 is 0 Å². The van der Waals surface area contributed by atoms with Crippen LogP contribution < -0.4 is 11.1 Å². The average Bonchev–Trinajstić information content (AvgIpc) is 2.52. The van der Waals surface area contributed by atoms with Crippen molar-refractivity contribution in [3.05, 3.63) is 59.3 Å². The van der Waals surface area contributed by atoms with Crippen LogP contribution in [-0.4, -0.2) is 16.1 Å². The average molecular weight is 339 g/mol. The highest BCUT2D eigenvalue weighted by Crippen LogP contribution is 2.31. The molecule has 0 unspecified atom stereocenters. The molecule has 2 rings (SSSR count). The predicted molar refractivity (Wildman–Crippen MR) is 81.9 cm³/mol. The molecule has 4 N–H and O–H groups in total. The van der Waals surface area contributed by atoms with E-state index in [1.165, 1.54) is 18.3 Å². The van der Waals surface area contributed by atoms with Crippen molar-refractivity contribution in [3.63, 3.8) is 0 Å². The first-order chi connectivity index (χ1) is 11.3. The van der Waals surface area contributed by atoms with Gasteiger partial charge in [0.2, 0.25) is 0 Å². The second kappa shape index (κ2) is 7.31. The van der Waals surface area contributed by atoms with Gasteiger partial charge in [-0.1, -0.05) is 18.2 Å². The molecule has 0 amide bonds. The molecule has 0 aliphatic heterocycles. The number of carboxylic acids is 1. The minimum absolute atomic E-state index is 0.251. The van der Waals surface area contributed by atoms with Gasteiger partial charge in [-0.05, 0) is 29.3 Å². The van der Waals surface area contributed by atoms with Crippen molar-refractivity contribution >= 4 is 11.8 Å². The number of nitrogens with zero attached hydrogens (tertiary/aromatic N) is 1. The number of pyridine rings is 1. The first-order valence-corrected chi connectivity index (χ1v) is 7.08. The smallest absolute Gasteiger partial charge is 0.416 e. The number of carboxylic acid groups (broad SMARTS) is 1. The zero-order chi connectivity index (χ0) is 17.7. The molecule has 0 aliphatic carbocycles. The zero-order valence-electron chi connectivity index (χ0n) is 12.5. The Labute approximate surface area is 136 Å². The zero-order valence-corrected chi connectivity index (χ0v) is 12.5. The number of nitrogen functional groups attached to an aromatic ring is 1. The van der Waals surface area contributed by atoms with Gasteiger partial charge in [-0.2, -0.15) is 13.2 Å². The van der Waals surface area contributed by atoms with E-state index in [-0.39, 0.29) is 18.5 Å². The lowest BCUT2D eigenvalue weighted by molar-refractivity contribution is -0.138. The van der Waals surface area contributed by atoms with Crippen LogP contribution in [0.5, 0.6) is 0 Å². The first-order valence-electron chi connectivity index (χ1n) is 7.08. The van der Waals surface area contributed by atoms with Crippen LogP contribution in [0.3, 0.4) is 0 Å². The molecule has 0 bridgehead atoms. The number of aliphatic carboxylic acids is 1. The standard InChI is InChI=1S/C16H16F3N3O2/c17-16(18,19)12-3-1-2-11(6-12)13(7-15(23)24)21-8-10-4-5-14(20)22-9-10/h1-6,9,13,21H,7-8H2,(H2,20,22)(H,23,24)/t13-/m1/s1. The van der Waals surface area contributed by atoms with Gasteiger partial charge in [-0.3, -0.25) is 4.79 Å². The topological polar surface area (TPSA) is 88.2 Å². The molecule has 1 atom stereocenters. The van der Waals surface area contributed by atoms with E-state index in [4.69, 9.17) is 10.8 Å². The highest BCUT2D eigenvalue weighted by molar-refractivity contribution is 5.68. The van der Waals surface area contributed by atoms with Gasteiger partial charge >= 0.3 is 12.1 Å². The summed E-state index contributed by atoms with van der Waals surface area (Å²) in [6, 6.07) is 7.18. The van der Waals surface area contributed by atoms with Gasteiger partial charge in [0.05, 0.1) is 12.0 Å². The normalized spacial score (nSPS) is 12.8. The van der Waals surface area contributed by atoms with E-state index in [2.05, 4.69) is 10.3 Å². The first kappa shape index (κ1) is 17.7. The highest BCUT2D eigenvalue weighted by atomic mass is 19.4. The van der Waals surface area contributed by atoms with Crippen molar-refractivity contribution in [2.75, 3.05) is 5.73 Å². The third-order valence-electron chi connectivity index (χ3n) is 3.40. The maximum absolute atomic E-state index is 12.8. The number of nitrogens with two attached hydrogens (primary N) is 1. The van der Waals surface area contributed by atoms with Gasteiger partial charge in [-0.15, -0.1) is 0 Å². The van der Waals surface area contributed by atoms with E-state index in [1.807, 2.05) is 0 Å². The molecule has 2 aromatic rings. The van der Waals surface area contributed by atoms with Gasteiger partial charge in [0.25, 0.3) is 0 Å². The number of alkyl halides is 3. The monoisotopic (exact) mass is 339 g/mol. The fraction of sp³-hybridized carbons (Fsp3) is 0.250. The van der Waals surface area contributed by atoms with Gasteiger partial charge in [0, 0.05) is 18.8 Å². The van der Waals surface area contributed by atoms with Crippen molar-refractivity contribution in [3.8, 4) is 0 Å². The molecule has 0 aliphatic rings. The summed E-state index contributed by atoms with van der Waals surface area (Å²) >= 11 is 0. The summed E-state index contributed by atoms with van der Waals surface area (Å²) in [7, 11) is 0. The molecule has 8 heteroatoms. The number of anilines is 1. The van der Waals surface area contributed by atoms with Crippen LogP contribution in [-0.2, 0) is 17.5 Å². The highest BCUT2D eigenvalue weighted by Gasteiger charge is 2.31. The molecule has 0 saturated carbocycles. The summed E-state index contributed by atoms with van der Waals surface area (Å²) in [4.78, 5) is 14.9. The molecule has 1 aromatic heterocycles. The van der Waals surface area contributed by atoms with Crippen molar-refractivity contribution in [1.82, 2.24) is 10.3 Å². The van der Waals surface area contributed by atoms with Crippen molar-refractivity contribution < 1.29 is 23.1 Å². The Morgan fingerprint density at radius 1 is 1.29 bits per heavy atom. The number of carbonyl (C=O) groups is 1. The summed E-state index contributed by atoms with van der Waals surface area (Å²) in [6.07, 6.45) is -3.30. The summed E-state index contributed by atoms with van der Waals surface area (Å²) in [5, 5.41) is 12.0. The lowest BCUT2D eigenvalue weighted by Crippen LogP contribution is -2.24. The van der Waals surface area contributed by atoms with Crippen LogP contribution in [0, 0.1) is 0 Å². The third-order valence-corrected chi connectivity index (χ3v) is 3.40. The minimum Gasteiger partial charge on any atom is -0.481 e. The summed E-state index contributed by atoms with van der Waals surface area (Å²) < 4.78 is 38.5. The number of hydrogen-bond donors (Lipinski definition) is 3. The number of rotatable bonds is 6. The van der Waals surface area contributed by atoms with E-state index < -0.39 is 23.8 Å². The van der Waals surface area contributed by atoms with E-state index in [9.17, 15) is 18.0 Å². The summed E-state index contributed by atoms with van der Waals surface area (Å²) in [5.41, 5.74) is 5.67. The van der Waals surface area contributed by atoms with Crippen LogP contribution in [0.2, 0.25) is 0 Å². The van der Waals surface area contributed by atoms with Gasteiger partial charge in [0.1, 0.15) is 5.82 Å². The molecule has 0 fully saturated rings. The SMILES string of the molecule is Nc1ccc(CN[C@H](CC(=O)O)c2cccc(C(F)(F)F)c2)cn1. The Morgan fingerprint density at radius 3 is 2.62 bits per heavy atom. The summed E-state index contributed by atoms with van der Waals surface area (Å²) in [5.74, 6) is -0.765. The lowest BCUT2D eigenvalue weighted by atomic mass is 10.0. The van der Waals surface area contributed by atoms with E-state index >= 15 is 0 Å². The predicted octanol–water partition coefficient (Wildman–Crippen LogP) is 2.99. The Bertz CT molecular complexity index is 702. The van der Waals surface area contributed by atoms with Gasteiger partial charge in [-0.25, -0.2) is 4.98 Å². The molecule has 1 aromatic carbocycles. The third kappa shape index (κ3) is 4.95. The van der Waals surface area contributed by atoms with Crippen LogP contribution in [0.1, 0.15) is 29.2 Å². The van der Waals surface area contributed by atoms with Crippen molar-refractivity contribution in [2.24, 2.45) is 0 Å². The van der Waals surface area contributed by atoms with Crippen molar-refractivity contribution in [1.29, 1.82) is 0 Å². The van der Waals surface area contributed by atoms with Crippen LogP contribution in [0.4, 0.5) is 19.0 Å². The number of aromatic nitrogens is 1. The molecular weight excluding hydrogens is 323 g/mol. The Balaban J connectivity index is 2.18. The maximum atomic E-state index is 12.8. The summed E-state index contributed by atoms with van der Waals surface area (Å²) in [6.45, 7) is 0.251. The number of benzene rings is 1. The Hall–Kier alpha value is -2.61. The van der Waals surface area contributed by atoms with Crippen LogP contribution in [0.25, 0.3) is 0 Å². The van der Waals surface area contributed by atoms with E-state index in [1.54, 1.807) is 12.1 Å². The number of nitrogens with one attached hydrogen (secondary N) is 1. The molecule has 24 heavy (non-hydrogen) atoms. The van der Waals surface area contributed by atoms with E-state index in [0.717, 1.165) is 17.7 Å². The fourth-order valence-corrected chi connectivity index (χ4v) is 2.20. The quantitative estimate of drug-likeness (QED) is 0.753. The van der Waals surface area contributed by atoms with Crippen molar-refractivity contribution in [2.45, 2.75) is 25.2 Å². The second-order valence-corrected chi connectivity index (χ2v) is 5.25. The molecule has 5 nitrogen and oxygen atoms in total.